The number of hydrogen-bond donors (Lipinski definition) is 0. The van der Waals surface area contributed by atoms with Gasteiger partial charge in [-0.05, 0) is 46.0 Å². The maximum absolute atomic E-state index is 5.63. The Morgan fingerprint density at radius 3 is 2.95 bits per heavy atom. The molecule has 0 amide bonds. The van der Waals surface area contributed by atoms with Crippen LogP contribution in [0.15, 0.2) is 60.2 Å². The molecule has 0 aliphatic heterocycles. The first kappa shape index (κ1) is 12.2. The zero-order valence-corrected chi connectivity index (χ0v) is 12.1. The van der Waals surface area contributed by atoms with Gasteiger partial charge in [0.15, 0.2) is 0 Å². The predicted molar refractivity (Wildman–Crippen MR) is 90.0 cm³/mol. The van der Waals surface area contributed by atoms with Gasteiger partial charge in [-0.25, -0.2) is 0 Å². The molecule has 1 unspecified atom stereocenters. The maximum atomic E-state index is 5.63. The number of terminal acetylenes is 1. The van der Waals surface area contributed by atoms with E-state index in [4.69, 9.17) is 6.42 Å². The fourth-order valence-corrected chi connectivity index (χ4v) is 3.45. The van der Waals surface area contributed by atoms with E-state index in [9.17, 15) is 0 Å². The van der Waals surface area contributed by atoms with Crippen LogP contribution in [0.1, 0.15) is 23.6 Å². The number of allylic oxidation sites excluding steroid dienone is 5. The van der Waals surface area contributed by atoms with Gasteiger partial charge < -0.3 is 0 Å². The van der Waals surface area contributed by atoms with E-state index in [2.05, 4.69) is 61.4 Å². The van der Waals surface area contributed by atoms with Crippen LogP contribution >= 0.6 is 0 Å². The van der Waals surface area contributed by atoms with Gasteiger partial charge in [0, 0.05) is 11.0 Å². The molecule has 2 aromatic carbocycles. The largest absolute Gasteiger partial charge is 0.115 e. The molecule has 1 atom stereocenters. The predicted octanol–water partition coefficient (Wildman–Crippen LogP) is 4.89. The van der Waals surface area contributed by atoms with Crippen molar-refractivity contribution in [1.82, 2.24) is 0 Å². The summed E-state index contributed by atoms with van der Waals surface area (Å²) in [5, 5.41) is 2.41. The van der Waals surface area contributed by atoms with Crippen LogP contribution in [-0.4, -0.2) is 0 Å². The molecule has 0 fully saturated rings. The van der Waals surface area contributed by atoms with Crippen LogP contribution in [0.2, 0.25) is 0 Å². The third kappa shape index (κ3) is 1.78. The Balaban J connectivity index is 1.99. The van der Waals surface area contributed by atoms with Crippen LogP contribution in [0, 0.1) is 17.8 Å². The summed E-state index contributed by atoms with van der Waals surface area (Å²) >= 11 is 0. The number of rotatable bonds is 0. The molecule has 0 N–H and O–H groups in total. The van der Waals surface area contributed by atoms with Crippen LogP contribution in [-0.2, 0) is 6.42 Å². The lowest BCUT2D eigenvalue weighted by molar-refractivity contribution is 0.517. The lowest BCUT2D eigenvalue weighted by Crippen LogP contribution is -2.23. The second kappa shape index (κ2) is 4.24. The van der Waals surface area contributed by atoms with Crippen molar-refractivity contribution in [2.45, 2.75) is 13.3 Å². The molecule has 0 heteroatoms. The van der Waals surface area contributed by atoms with Crippen molar-refractivity contribution in [3.63, 3.8) is 0 Å². The van der Waals surface area contributed by atoms with Crippen molar-refractivity contribution >= 4 is 16.8 Å². The number of hydrogen-bond acceptors (Lipinski definition) is 0. The molecule has 2 aliphatic rings. The normalized spacial score (nSPS) is 22.4. The van der Waals surface area contributed by atoms with Crippen LogP contribution in [0.3, 0.4) is 0 Å². The summed E-state index contributed by atoms with van der Waals surface area (Å²) in [6.45, 7) is 2.31. The standard InChI is InChI=1S/C21H16/c1-3-15-7-6-8-16-11-18-14-21(2)10-5-4-9-19(21)12-17(18)13-20(15)16/h1,4-13H,14H2,2H3. The highest BCUT2D eigenvalue weighted by atomic mass is 14.3. The van der Waals surface area contributed by atoms with Crippen molar-refractivity contribution in [2.24, 2.45) is 5.41 Å². The van der Waals surface area contributed by atoms with E-state index in [-0.39, 0.29) is 5.41 Å². The first-order valence-corrected chi connectivity index (χ1v) is 7.30. The van der Waals surface area contributed by atoms with E-state index < -0.39 is 0 Å². The molecular formula is C21H16. The topological polar surface area (TPSA) is 0 Å². The molecule has 0 saturated heterocycles. The highest BCUT2D eigenvalue weighted by Gasteiger charge is 2.30. The monoisotopic (exact) mass is 268 g/mol. The van der Waals surface area contributed by atoms with Crippen LogP contribution in [0.25, 0.3) is 16.8 Å². The second-order valence-electron chi connectivity index (χ2n) is 6.13. The highest BCUT2D eigenvalue weighted by molar-refractivity contribution is 5.91. The average Bonchev–Trinajstić information content (AvgIpc) is 2.49. The molecule has 2 aromatic rings. The zero-order chi connectivity index (χ0) is 14.4. The third-order valence-corrected chi connectivity index (χ3v) is 4.67. The van der Waals surface area contributed by atoms with Crippen LogP contribution in [0.5, 0.6) is 0 Å². The van der Waals surface area contributed by atoms with Crippen molar-refractivity contribution in [2.75, 3.05) is 0 Å². The summed E-state index contributed by atoms with van der Waals surface area (Å²) in [6, 6.07) is 10.8. The van der Waals surface area contributed by atoms with Gasteiger partial charge >= 0.3 is 0 Å². The van der Waals surface area contributed by atoms with Crippen molar-refractivity contribution in [3.05, 3.63) is 76.9 Å². The number of fused-ring (bicyclic) bond motifs is 3. The Kier molecular flexibility index (Phi) is 2.47. The van der Waals surface area contributed by atoms with Gasteiger partial charge in [0.05, 0.1) is 0 Å². The van der Waals surface area contributed by atoms with E-state index >= 15 is 0 Å². The van der Waals surface area contributed by atoms with E-state index in [1.165, 1.54) is 27.5 Å². The van der Waals surface area contributed by atoms with Crippen molar-refractivity contribution in [1.29, 1.82) is 0 Å². The lowest BCUT2D eigenvalue weighted by Gasteiger charge is -2.34. The van der Waals surface area contributed by atoms with Crippen LogP contribution < -0.4 is 0 Å². The second-order valence-corrected chi connectivity index (χ2v) is 6.13. The molecule has 0 heterocycles. The SMILES string of the molecule is C#Cc1cccc2cc3c(cc12)C=C1C=CC=CC1(C)C3. The van der Waals surface area contributed by atoms with E-state index in [0.29, 0.717) is 0 Å². The van der Waals surface area contributed by atoms with Gasteiger partial charge in [0.2, 0.25) is 0 Å². The van der Waals surface area contributed by atoms with Crippen molar-refractivity contribution < 1.29 is 0 Å². The molecule has 4 rings (SSSR count). The Morgan fingerprint density at radius 2 is 2.10 bits per heavy atom. The smallest absolute Gasteiger partial charge is 0.0321 e. The Morgan fingerprint density at radius 1 is 1.19 bits per heavy atom. The summed E-state index contributed by atoms with van der Waals surface area (Å²) in [7, 11) is 0. The minimum absolute atomic E-state index is 0.124. The van der Waals surface area contributed by atoms with Crippen molar-refractivity contribution in [3.8, 4) is 12.3 Å². The van der Waals surface area contributed by atoms with E-state index in [1.54, 1.807) is 0 Å². The fourth-order valence-electron chi connectivity index (χ4n) is 3.45. The summed E-state index contributed by atoms with van der Waals surface area (Å²) in [6.07, 6.45) is 17.8. The minimum atomic E-state index is 0.124. The van der Waals surface area contributed by atoms with Gasteiger partial charge in [-0.3, -0.25) is 0 Å². The number of benzene rings is 2. The fraction of sp³-hybridized carbons (Fsp3) is 0.143. The Bertz CT molecular complexity index is 884. The first-order chi connectivity index (χ1) is 10.2. The summed E-state index contributed by atoms with van der Waals surface area (Å²) in [4.78, 5) is 0. The quantitative estimate of drug-likeness (QED) is 0.597. The minimum Gasteiger partial charge on any atom is -0.115 e. The molecule has 0 spiro atoms. The molecular weight excluding hydrogens is 252 g/mol. The third-order valence-electron chi connectivity index (χ3n) is 4.67. The maximum Gasteiger partial charge on any atom is 0.0321 e. The lowest BCUT2D eigenvalue weighted by atomic mass is 9.70. The summed E-state index contributed by atoms with van der Waals surface area (Å²) in [5.41, 5.74) is 5.19. The highest BCUT2D eigenvalue weighted by Crippen LogP contribution is 2.43. The molecule has 0 nitrogen and oxygen atoms in total. The van der Waals surface area contributed by atoms with Crippen LogP contribution in [0.4, 0.5) is 0 Å². The summed E-state index contributed by atoms with van der Waals surface area (Å²) < 4.78 is 0. The van der Waals surface area contributed by atoms with E-state index in [0.717, 1.165) is 12.0 Å². The first-order valence-electron chi connectivity index (χ1n) is 7.30. The average molecular weight is 268 g/mol. The summed E-state index contributed by atoms with van der Waals surface area (Å²) in [5.74, 6) is 2.79. The molecule has 0 saturated carbocycles. The van der Waals surface area contributed by atoms with Gasteiger partial charge in [-0.2, -0.15) is 0 Å². The molecule has 0 radical (unpaired) electrons. The van der Waals surface area contributed by atoms with E-state index in [1.807, 2.05) is 12.1 Å². The van der Waals surface area contributed by atoms with Gasteiger partial charge in [-0.15, -0.1) is 6.42 Å². The molecule has 2 aliphatic carbocycles. The molecule has 21 heavy (non-hydrogen) atoms. The zero-order valence-electron chi connectivity index (χ0n) is 12.1. The van der Waals surface area contributed by atoms with Gasteiger partial charge in [-0.1, -0.05) is 61.4 Å². The van der Waals surface area contributed by atoms with Gasteiger partial charge in [0.1, 0.15) is 0 Å². The molecule has 0 aromatic heterocycles. The molecule has 100 valence electrons. The Labute approximate surface area is 125 Å². The molecule has 0 bridgehead atoms. The Hall–Kier alpha value is -2.52. The van der Waals surface area contributed by atoms with Gasteiger partial charge in [0.25, 0.3) is 0 Å².